The summed E-state index contributed by atoms with van der Waals surface area (Å²) in [5, 5.41) is 0. The molecule has 128 valence electrons. The van der Waals surface area contributed by atoms with Gasteiger partial charge in [0.15, 0.2) is 6.61 Å². The molecule has 24 heavy (non-hydrogen) atoms. The highest BCUT2D eigenvalue weighted by atomic mass is 16.6. The highest BCUT2D eigenvalue weighted by Gasteiger charge is 2.38. The van der Waals surface area contributed by atoms with Crippen LogP contribution in [-0.4, -0.2) is 61.1 Å². The van der Waals surface area contributed by atoms with Gasteiger partial charge in [0.1, 0.15) is 5.75 Å². The van der Waals surface area contributed by atoms with E-state index in [1.807, 2.05) is 24.3 Å². The van der Waals surface area contributed by atoms with Crippen LogP contribution in [0.5, 0.6) is 5.75 Å². The Bertz CT molecular complexity index is 621. The maximum absolute atomic E-state index is 12.2. The Labute approximate surface area is 140 Å². The minimum Gasteiger partial charge on any atom is -0.497 e. The van der Waals surface area contributed by atoms with Gasteiger partial charge < -0.3 is 14.4 Å². The van der Waals surface area contributed by atoms with E-state index in [4.69, 9.17) is 4.74 Å². The van der Waals surface area contributed by atoms with Crippen molar-refractivity contribution in [3.8, 4) is 5.75 Å². The summed E-state index contributed by atoms with van der Waals surface area (Å²) in [5.41, 5.74) is 1.09. The molecule has 1 aromatic carbocycles. The fourth-order valence-corrected chi connectivity index (χ4v) is 2.91. The predicted molar refractivity (Wildman–Crippen MR) is 84.4 cm³/mol. The second-order valence-electron chi connectivity index (χ2n) is 6.07. The number of amides is 3. The molecule has 2 heterocycles. The Morgan fingerprint density at radius 1 is 1.25 bits per heavy atom. The van der Waals surface area contributed by atoms with E-state index in [0.717, 1.165) is 16.2 Å². The first-order valence-corrected chi connectivity index (χ1v) is 7.94. The molecule has 3 rings (SSSR count). The van der Waals surface area contributed by atoms with Crippen LogP contribution < -0.4 is 4.74 Å². The second-order valence-corrected chi connectivity index (χ2v) is 6.07. The largest absolute Gasteiger partial charge is 0.497 e. The molecule has 0 spiro atoms. The van der Waals surface area contributed by atoms with Crippen LogP contribution in [0.4, 0.5) is 4.79 Å². The quantitative estimate of drug-likeness (QED) is 0.779. The van der Waals surface area contributed by atoms with Gasteiger partial charge in [0.25, 0.3) is 5.91 Å². The van der Waals surface area contributed by atoms with Crippen LogP contribution in [0.3, 0.4) is 0 Å². The van der Waals surface area contributed by atoms with Crippen molar-refractivity contribution in [3.05, 3.63) is 29.8 Å². The fourth-order valence-electron chi connectivity index (χ4n) is 2.91. The Morgan fingerprint density at radius 2 is 1.96 bits per heavy atom. The fraction of sp³-hybridized carbons (Fsp3) is 0.471. The number of cyclic esters (lactones) is 1. The zero-order chi connectivity index (χ0) is 17.1. The number of hydrogen-bond acceptors (Lipinski definition) is 5. The van der Waals surface area contributed by atoms with Crippen molar-refractivity contribution in [1.29, 1.82) is 0 Å². The normalized spacial score (nSPS) is 17.7. The zero-order valence-corrected chi connectivity index (χ0v) is 13.6. The third-order valence-corrected chi connectivity index (χ3v) is 4.38. The molecule has 7 heteroatoms. The summed E-state index contributed by atoms with van der Waals surface area (Å²) in [4.78, 5) is 37.9. The molecule has 0 saturated carbocycles. The van der Waals surface area contributed by atoms with Crippen LogP contribution in [0.15, 0.2) is 24.3 Å². The van der Waals surface area contributed by atoms with Gasteiger partial charge in [0, 0.05) is 32.0 Å². The molecule has 0 aromatic heterocycles. The molecule has 2 aliphatic heterocycles. The van der Waals surface area contributed by atoms with Gasteiger partial charge in [0.05, 0.1) is 7.11 Å². The number of methoxy groups -OCH3 is 1. The van der Waals surface area contributed by atoms with Crippen LogP contribution in [-0.2, 0) is 20.7 Å². The van der Waals surface area contributed by atoms with E-state index < -0.39 is 6.09 Å². The Kier molecular flexibility index (Phi) is 4.69. The van der Waals surface area contributed by atoms with Crippen molar-refractivity contribution in [1.82, 2.24) is 9.80 Å². The van der Waals surface area contributed by atoms with E-state index in [1.54, 1.807) is 12.0 Å². The average molecular weight is 332 g/mol. The molecule has 7 nitrogen and oxygen atoms in total. The lowest BCUT2D eigenvalue weighted by atomic mass is 9.98. The Hall–Kier alpha value is -2.57. The monoisotopic (exact) mass is 332 g/mol. The number of imide groups is 1. The SMILES string of the molecule is COc1ccc(CCC(=O)N2CC(CN3C(=O)COC3=O)C2)cc1. The summed E-state index contributed by atoms with van der Waals surface area (Å²) in [6.07, 6.45) is 0.550. The van der Waals surface area contributed by atoms with Gasteiger partial charge in [-0.15, -0.1) is 0 Å². The molecule has 2 aliphatic rings. The van der Waals surface area contributed by atoms with Crippen molar-refractivity contribution in [2.75, 3.05) is 33.4 Å². The smallest absolute Gasteiger partial charge is 0.417 e. The Morgan fingerprint density at radius 3 is 2.54 bits per heavy atom. The molecule has 0 aliphatic carbocycles. The van der Waals surface area contributed by atoms with Gasteiger partial charge >= 0.3 is 6.09 Å². The first-order valence-electron chi connectivity index (χ1n) is 7.94. The van der Waals surface area contributed by atoms with Gasteiger partial charge in [-0.05, 0) is 24.1 Å². The molecular weight excluding hydrogens is 312 g/mol. The third kappa shape index (κ3) is 3.50. The molecule has 0 bridgehead atoms. The van der Waals surface area contributed by atoms with Crippen LogP contribution in [0.2, 0.25) is 0 Å². The first kappa shape index (κ1) is 16.3. The minimum atomic E-state index is -0.579. The summed E-state index contributed by atoms with van der Waals surface area (Å²) in [6, 6.07) is 7.67. The van der Waals surface area contributed by atoms with E-state index in [2.05, 4.69) is 4.74 Å². The Balaban J connectivity index is 1.40. The van der Waals surface area contributed by atoms with Crippen molar-refractivity contribution >= 4 is 17.9 Å². The van der Waals surface area contributed by atoms with Gasteiger partial charge in [-0.25, -0.2) is 9.69 Å². The van der Waals surface area contributed by atoms with E-state index in [-0.39, 0.29) is 24.3 Å². The van der Waals surface area contributed by atoms with Gasteiger partial charge in [-0.3, -0.25) is 9.59 Å². The van der Waals surface area contributed by atoms with Crippen molar-refractivity contribution in [2.24, 2.45) is 5.92 Å². The molecule has 2 saturated heterocycles. The van der Waals surface area contributed by atoms with Gasteiger partial charge in [0.2, 0.25) is 5.91 Å². The lowest BCUT2D eigenvalue weighted by molar-refractivity contribution is -0.138. The molecule has 3 amide bonds. The van der Waals surface area contributed by atoms with Crippen molar-refractivity contribution in [2.45, 2.75) is 12.8 Å². The number of rotatable bonds is 6. The van der Waals surface area contributed by atoms with E-state index >= 15 is 0 Å². The van der Waals surface area contributed by atoms with Crippen LogP contribution >= 0.6 is 0 Å². The molecule has 0 N–H and O–H groups in total. The molecule has 0 radical (unpaired) electrons. The predicted octanol–water partition coefficient (Wildman–Crippen LogP) is 1.06. The number of benzene rings is 1. The maximum atomic E-state index is 12.2. The number of hydrogen-bond donors (Lipinski definition) is 0. The molecule has 1 aromatic rings. The number of nitrogens with zero attached hydrogens (tertiary/aromatic N) is 2. The van der Waals surface area contributed by atoms with E-state index in [1.165, 1.54) is 0 Å². The lowest BCUT2D eigenvalue weighted by Gasteiger charge is -2.40. The molecule has 2 fully saturated rings. The molecular formula is C17H20N2O5. The van der Waals surface area contributed by atoms with E-state index in [9.17, 15) is 14.4 Å². The number of aryl methyl sites for hydroxylation is 1. The zero-order valence-electron chi connectivity index (χ0n) is 13.6. The molecule has 0 atom stereocenters. The summed E-state index contributed by atoms with van der Waals surface area (Å²) < 4.78 is 9.78. The topological polar surface area (TPSA) is 76.2 Å². The van der Waals surface area contributed by atoms with Crippen LogP contribution in [0.1, 0.15) is 12.0 Å². The highest BCUT2D eigenvalue weighted by molar-refractivity contribution is 5.97. The van der Waals surface area contributed by atoms with E-state index in [0.29, 0.717) is 32.5 Å². The molecule has 0 unspecified atom stereocenters. The summed E-state index contributed by atoms with van der Waals surface area (Å²) >= 11 is 0. The summed E-state index contributed by atoms with van der Waals surface area (Å²) in [6.45, 7) is 1.33. The van der Waals surface area contributed by atoms with Crippen molar-refractivity contribution < 1.29 is 23.9 Å². The lowest BCUT2D eigenvalue weighted by Crippen LogP contribution is -2.54. The van der Waals surface area contributed by atoms with Crippen LogP contribution in [0, 0.1) is 5.92 Å². The second kappa shape index (κ2) is 6.90. The number of ether oxygens (including phenoxy) is 2. The average Bonchev–Trinajstić information content (AvgIpc) is 2.87. The standard InChI is InChI=1S/C17H20N2O5/c1-23-14-5-2-12(3-6-14)4-7-15(20)18-8-13(9-18)10-19-16(21)11-24-17(19)22/h2-3,5-6,13H,4,7-11H2,1H3. The number of carbonyl (C=O) groups excluding carboxylic acids is 3. The first-order chi connectivity index (χ1) is 11.6. The number of likely N-dealkylation sites (tertiary alicyclic amines) is 1. The van der Waals surface area contributed by atoms with Gasteiger partial charge in [-0.1, -0.05) is 12.1 Å². The third-order valence-electron chi connectivity index (χ3n) is 4.38. The summed E-state index contributed by atoms with van der Waals surface area (Å²) in [5.74, 6) is 0.733. The maximum Gasteiger partial charge on any atom is 0.417 e. The minimum absolute atomic E-state index is 0.0948. The highest BCUT2D eigenvalue weighted by Crippen LogP contribution is 2.21. The van der Waals surface area contributed by atoms with Crippen LogP contribution in [0.25, 0.3) is 0 Å². The summed E-state index contributed by atoms with van der Waals surface area (Å²) in [7, 11) is 1.62. The number of carbonyl (C=O) groups is 3. The van der Waals surface area contributed by atoms with Crippen molar-refractivity contribution in [3.63, 3.8) is 0 Å². The van der Waals surface area contributed by atoms with Gasteiger partial charge in [-0.2, -0.15) is 0 Å².